The fraction of sp³-hybridized carbons (Fsp3) is 0.462. The molecule has 98 valence electrons. The van der Waals surface area contributed by atoms with E-state index in [0.29, 0.717) is 6.54 Å². The van der Waals surface area contributed by atoms with Gasteiger partial charge in [-0.05, 0) is 38.4 Å². The first kappa shape index (κ1) is 13.0. The maximum absolute atomic E-state index is 13.4. The van der Waals surface area contributed by atoms with Crippen LogP contribution >= 0.6 is 0 Å². The molecule has 1 fully saturated rings. The number of carbonyl (C=O) groups excluding carboxylic acids is 1. The van der Waals surface area contributed by atoms with Gasteiger partial charge in [0.25, 0.3) is 0 Å². The van der Waals surface area contributed by atoms with E-state index in [1.165, 1.54) is 12.1 Å². The summed E-state index contributed by atoms with van der Waals surface area (Å²) in [5.74, 6) is -2.25. The van der Waals surface area contributed by atoms with Crippen molar-refractivity contribution in [3.05, 3.63) is 29.8 Å². The fourth-order valence-electron chi connectivity index (χ4n) is 2.12. The molecule has 1 heterocycles. The van der Waals surface area contributed by atoms with Crippen molar-refractivity contribution in [1.82, 2.24) is 5.32 Å². The van der Waals surface area contributed by atoms with E-state index >= 15 is 0 Å². The number of rotatable bonds is 2. The van der Waals surface area contributed by atoms with E-state index in [2.05, 4.69) is 10.6 Å². The lowest BCUT2D eigenvalue weighted by Gasteiger charge is -2.32. The Bertz CT molecular complexity index is 456. The monoisotopic (exact) mass is 254 g/mol. The van der Waals surface area contributed by atoms with Crippen LogP contribution in [0.25, 0.3) is 0 Å². The molecule has 0 spiro atoms. The number of anilines is 1. The lowest BCUT2D eigenvalue weighted by atomic mass is 9.82. The van der Waals surface area contributed by atoms with Crippen LogP contribution in [-0.2, 0) is 4.79 Å². The molecule has 3 nitrogen and oxygen atoms in total. The number of benzene rings is 1. The van der Waals surface area contributed by atoms with Gasteiger partial charge in [-0.25, -0.2) is 8.78 Å². The highest BCUT2D eigenvalue weighted by Gasteiger charge is 2.35. The molecular weight excluding hydrogens is 238 g/mol. The largest absolute Gasteiger partial charge is 0.323 e. The number of piperidine rings is 1. The van der Waals surface area contributed by atoms with E-state index in [1.807, 2.05) is 6.92 Å². The summed E-state index contributed by atoms with van der Waals surface area (Å²) in [6.07, 6.45) is 1.64. The average Bonchev–Trinajstić information content (AvgIpc) is 2.36. The Morgan fingerprint density at radius 3 is 2.89 bits per heavy atom. The summed E-state index contributed by atoms with van der Waals surface area (Å²) >= 11 is 0. The summed E-state index contributed by atoms with van der Waals surface area (Å²) in [6.45, 7) is 3.26. The minimum atomic E-state index is -1.02. The van der Waals surface area contributed by atoms with Crippen LogP contribution in [0.3, 0.4) is 0 Å². The lowest BCUT2D eigenvalue weighted by Crippen LogP contribution is -2.46. The molecule has 1 aliphatic rings. The topological polar surface area (TPSA) is 41.1 Å². The Balaban J connectivity index is 2.13. The third-order valence-electron chi connectivity index (χ3n) is 3.35. The van der Waals surface area contributed by atoms with Crippen LogP contribution in [0.1, 0.15) is 19.8 Å². The van der Waals surface area contributed by atoms with Crippen LogP contribution < -0.4 is 10.6 Å². The van der Waals surface area contributed by atoms with Gasteiger partial charge in [-0.3, -0.25) is 4.79 Å². The minimum Gasteiger partial charge on any atom is -0.323 e. The number of carbonyl (C=O) groups is 1. The predicted octanol–water partition coefficient (Wildman–Crippen LogP) is 2.29. The zero-order valence-corrected chi connectivity index (χ0v) is 10.2. The Hall–Kier alpha value is -1.49. The zero-order chi connectivity index (χ0) is 13.2. The highest BCUT2D eigenvalue weighted by Crippen LogP contribution is 2.28. The summed E-state index contributed by atoms with van der Waals surface area (Å²) in [4.78, 5) is 12.1. The second-order valence-corrected chi connectivity index (χ2v) is 4.90. The van der Waals surface area contributed by atoms with E-state index in [0.717, 1.165) is 25.5 Å². The molecule has 1 aromatic carbocycles. The van der Waals surface area contributed by atoms with Crippen LogP contribution in [0.2, 0.25) is 0 Å². The molecule has 0 aliphatic carbocycles. The van der Waals surface area contributed by atoms with Gasteiger partial charge in [0.15, 0.2) is 11.6 Å². The first-order valence-corrected chi connectivity index (χ1v) is 5.99. The van der Waals surface area contributed by atoms with Crippen molar-refractivity contribution in [3.63, 3.8) is 0 Å². The normalized spacial score (nSPS) is 23.7. The molecule has 0 aromatic heterocycles. The van der Waals surface area contributed by atoms with Crippen molar-refractivity contribution in [2.45, 2.75) is 19.8 Å². The SMILES string of the molecule is CC1(C(=O)Nc2cccc(F)c2F)CCCNC1. The van der Waals surface area contributed by atoms with Gasteiger partial charge in [0.2, 0.25) is 5.91 Å². The summed E-state index contributed by atoms with van der Waals surface area (Å²) in [6, 6.07) is 3.75. The van der Waals surface area contributed by atoms with Gasteiger partial charge in [0.1, 0.15) is 0 Å². The molecule has 0 bridgehead atoms. The smallest absolute Gasteiger partial charge is 0.231 e. The van der Waals surface area contributed by atoms with Gasteiger partial charge >= 0.3 is 0 Å². The fourth-order valence-corrected chi connectivity index (χ4v) is 2.12. The van der Waals surface area contributed by atoms with Gasteiger partial charge < -0.3 is 10.6 Å². The lowest BCUT2D eigenvalue weighted by molar-refractivity contribution is -0.125. The zero-order valence-electron chi connectivity index (χ0n) is 10.2. The number of amides is 1. The van der Waals surface area contributed by atoms with Crippen LogP contribution in [-0.4, -0.2) is 19.0 Å². The Labute approximate surface area is 105 Å². The van der Waals surface area contributed by atoms with Crippen molar-refractivity contribution >= 4 is 11.6 Å². The van der Waals surface area contributed by atoms with E-state index in [1.54, 1.807) is 0 Å². The second-order valence-electron chi connectivity index (χ2n) is 4.90. The molecule has 2 rings (SSSR count). The van der Waals surface area contributed by atoms with E-state index in [-0.39, 0.29) is 11.6 Å². The molecule has 1 unspecified atom stereocenters. The van der Waals surface area contributed by atoms with Crippen molar-refractivity contribution in [2.24, 2.45) is 5.41 Å². The van der Waals surface area contributed by atoms with E-state index in [4.69, 9.17) is 0 Å². The Morgan fingerprint density at radius 2 is 2.22 bits per heavy atom. The molecule has 1 amide bonds. The van der Waals surface area contributed by atoms with Crippen LogP contribution in [0, 0.1) is 17.0 Å². The molecule has 1 saturated heterocycles. The molecule has 18 heavy (non-hydrogen) atoms. The molecule has 5 heteroatoms. The molecule has 1 aliphatic heterocycles. The van der Waals surface area contributed by atoms with Crippen LogP contribution in [0.5, 0.6) is 0 Å². The first-order chi connectivity index (χ1) is 8.53. The van der Waals surface area contributed by atoms with Gasteiger partial charge in [-0.1, -0.05) is 6.07 Å². The van der Waals surface area contributed by atoms with Gasteiger partial charge in [-0.15, -0.1) is 0 Å². The highest BCUT2D eigenvalue weighted by molar-refractivity contribution is 5.95. The summed E-state index contributed by atoms with van der Waals surface area (Å²) in [7, 11) is 0. The summed E-state index contributed by atoms with van der Waals surface area (Å²) in [5.41, 5.74) is -0.677. The van der Waals surface area contributed by atoms with Gasteiger partial charge in [0.05, 0.1) is 11.1 Å². The summed E-state index contributed by atoms with van der Waals surface area (Å²) < 4.78 is 26.5. The Kier molecular flexibility index (Phi) is 3.61. The summed E-state index contributed by atoms with van der Waals surface area (Å²) in [5, 5.41) is 5.61. The molecular formula is C13H16F2N2O. The molecule has 2 N–H and O–H groups in total. The highest BCUT2D eigenvalue weighted by atomic mass is 19.2. The Morgan fingerprint density at radius 1 is 1.44 bits per heavy atom. The van der Waals surface area contributed by atoms with Crippen LogP contribution in [0.15, 0.2) is 18.2 Å². The molecule has 0 radical (unpaired) electrons. The quantitative estimate of drug-likeness (QED) is 0.850. The van der Waals surface area contributed by atoms with Crippen molar-refractivity contribution in [3.8, 4) is 0 Å². The van der Waals surface area contributed by atoms with E-state index in [9.17, 15) is 13.6 Å². The van der Waals surface area contributed by atoms with E-state index < -0.39 is 17.0 Å². The molecule has 1 atom stereocenters. The maximum atomic E-state index is 13.4. The third kappa shape index (κ3) is 2.51. The number of hydrogen-bond donors (Lipinski definition) is 2. The van der Waals surface area contributed by atoms with Crippen LogP contribution in [0.4, 0.5) is 14.5 Å². The maximum Gasteiger partial charge on any atom is 0.231 e. The van der Waals surface area contributed by atoms with Crippen molar-refractivity contribution in [1.29, 1.82) is 0 Å². The average molecular weight is 254 g/mol. The molecule has 0 saturated carbocycles. The first-order valence-electron chi connectivity index (χ1n) is 5.99. The number of hydrogen-bond acceptors (Lipinski definition) is 2. The minimum absolute atomic E-state index is 0.105. The van der Waals surface area contributed by atoms with Crippen molar-refractivity contribution in [2.75, 3.05) is 18.4 Å². The second kappa shape index (κ2) is 5.02. The van der Waals surface area contributed by atoms with Crippen molar-refractivity contribution < 1.29 is 13.6 Å². The number of halogens is 2. The standard InChI is InChI=1S/C13H16F2N2O/c1-13(6-3-7-16-8-13)12(18)17-10-5-2-4-9(14)11(10)15/h2,4-5,16H,3,6-8H2,1H3,(H,17,18). The molecule has 1 aromatic rings. The van der Waals surface area contributed by atoms with Gasteiger partial charge in [-0.2, -0.15) is 0 Å². The third-order valence-corrected chi connectivity index (χ3v) is 3.35. The predicted molar refractivity (Wildman–Crippen MR) is 65.2 cm³/mol. The van der Waals surface area contributed by atoms with Gasteiger partial charge in [0, 0.05) is 6.54 Å². The number of nitrogens with one attached hydrogen (secondary N) is 2.